The Labute approximate surface area is 115 Å². The minimum atomic E-state index is -0.523. The summed E-state index contributed by atoms with van der Waals surface area (Å²) in [5.74, 6) is -0.138. The maximum Gasteiger partial charge on any atom is 0.251 e. The lowest BCUT2D eigenvalue weighted by molar-refractivity contribution is 0.0818. The second-order valence-electron chi connectivity index (χ2n) is 5.04. The number of aliphatic hydroxyl groups is 1. The summed E-state index contributed by atoms with van der Waals surface area (Å²) in [5, 5.41) is 12.4. The summed E-state index contributed by atoms with van der Waals surface area (Å²) in [4.78, 5) is 14.2. The zero-order valence-corrected chi connectivity index (χ0v) is 12.2. The van der Waals surface area contributed by atoms with Crippen molar-refractivity contribution in [2.24, 2.45) is 0 Å². The molecule has 4 nitrogen and oxygen atoms in total. The molecule has 1 aromatic rings. The first-order valence-corrected chi connectivity index (χ1v) is 6.68. The van der Waals surface area contributed by atoms with Crippen LogP contribution in [0.4, 0.5) is 5.69 Å². The summed E-state index contributed by atoms with van der Waals surface area (Å²) in [5.41, 5.74) is 1.08. The average Bonchev–Trinajstić information content (AvgIpc) is 2.45. The zero-order chi connectivity index (χ0) is 14.5. The van der Waals surface area contributed by atoms with Crippen LogP contribution in [0.2, 0.25) is 0 Å². The quantitative estimate of drug-likeness (QED) is 0.826. The highest BCUT2D eigenvalue weighted by Crippen LogP contribution is 2.17. The van der Waals surface area contributed by atoms with Crippen LogP contribution in [0.1, 0.15) is 37.0 Å². The molecule has 0 aliphatic carbocycles. The molecule has 0 fully saturated rings. The largest absolute Gasteiger partial charge is 0.394 e. The van der Waals surface area contributed by atoms with Crippen LogP contribution in [0, 0.1) is 0 Å². The van der Waals surface area contributed by atoms with Crippen LogP contribution in [-0.2, 0) is 0 Å². The van der Waals surface area contributed by atoms with Crippen molar-refractivity contribution in [2.75, 3.05) is 25.6 Å². The molecule has 0 bridgehead atoms. The molecule has 0 radical (unpaired) electrons. The second-order valence-corrected chi connectivity index (χ2v) is 5.04. The molecule has 1 aromatic carbocycles. The third-order valence-corrected chi connectivity index (χ3v) is 3.66. The van der Waals surface area contributed by atoms with Gasteiger partial charge >= 0.3 is 0 Å². The fourth-order valence-corrected chi connectivity index (χ4v) is 1.93. The van der Waals surface area contributed by atoms with Crippen LogP contribution >= 0.6 is 0 Å². The molecular formula is C15H24N2O2. The zero-order valence-electron chi connectivity index (χ0n) is 12.2. The standard InChI is InChI=1S/C15H24N2O2/c1-5-15(6-2,11-18)16-14(19)12-8-7-9-13(10-12)17(3)4/h7-10,18H,5-6,11H2,1-4H3,(H,16,19). The van der Waals surface area contributed by atoms with E-state index in [1.54, 1.807) is 6.07 Å². The van der Waals surface area contributed by atoms with Crippen LogP contribution in [0.15, 0.2) is 24.3 Å². The molecule has 0 aliphatic heterocycles. The Morgan fingerprint density at radius 1 is 1.32 bits per heavy atom. The fourth-order valence-electron chi connectivity index (χ4n) is 1.93. The molecule has 0 saturated heterocycles. The molecule has 0 aliphatic rings. The van der Waals surface area contributed by atoms with E-state index in [9.17, 15) is 9.90 Å². The third kappa shape index (κ3) is 3.70. The molecule has 19 heavy (non-hydrogen) atoms. The average molecular weight is 264 g/mol. The van der Waals surface area contributed by atoms with Crippen molar-refractivity contribution in [3.05, 3.63) is 29.8 Å². The van der Waals surface area contributed by atoms with Crippen molar-refractivity contribution in [1.82, 2.24) is 5.32 Å². The summed E-state index contributed by atoms with van der Waals surface area (Å²) in [6, 6.07) is 7.46. The van der Waals surface area contributed by atoms with Crippen molar-refractivity contribution >= 4 is 11.6 Å². The molecule has 0 unspecified atom stereocenters. The Kier molecular flexibility index (Phi) is 5.36. The van der Waals surface area contributed by atoms with Crippen LogP contribution in [0.5, 0.6) is 0 Å². The van der Waals surface area contributed by atoms with Gasteiger partial charge in [0.05, 0.1) is 12.1 Å². The first-order chi connectivity index (χ1) is 8.98. The number of nitrogens with zero attached hydrogens (tertiary/aromatic N) is 1. The van der Waals surface area contributed by atoms with Gasteiger partial charge in [0.1, 0.15) is 0 Å². The number of amides is 1. The van der Waals surface area contributed by atoms with Crippen LogP contribution in [-0.4, -0.2) is 37.3 Å². The normalized spacial score (nSPS) is 11.2. The van der Waals surface area contributed by atoms with Gasteiger partial charge < -0.3 is 15.3 Å². The maximum atomic E-state index is 12.3. The van der Waals surface area contributed by atoms with Gasteiger partial charge in [-0.25, -0.2) is 0 Å². The predicted octanol–water partition coefficient (Wildman–Crippen LogP) is 2.03. The number of hydrogen-bond acceptors (Lipinski definition) is 3. The molecule has 0 heterocycles. The lowest BCUT2D eigenvalue weighted by Gasteiger charge is -2.30. The van der Waals surface area contributed by atoms with E-state index in [-0.39, 0.29) is 12.5 Å². The Morgan fingerprint density at radius 3 is 2.42 bits per heavy atom. The first-order valence-electron chi connectivity index (χ1n) is 6.68. The molecular weight excluding hydrogens is 240 g/mol. The fraction of sp³-hybridized carbons (Fsp3) is 0.533. The van der Waals surface area contributed by atoms with Crippen molar-refractivity contribution in [3.63, 3.8) is 0 Å². The van der Waals surface area contributed by atoms with Gasteiger partial charge in [-0.3, -0.25) is 4.79 Å². The lowest BCUT2D eigenvalue weighted by atomic mass is 9.93. The van der Waals surface area contributed by atoms with Gasteiger partial charge in [0, 0.05) is 25.3 Å². The number of anilines is 1. The summed E-state index contributed by atoms with van der Waals surface area (Å²) < 4.78 is 0. The number of aliphatic hydroxyl groups excluding tert-OH is 1. The van der Waals surface area contributed by atoms with E-state index < -0.39 is 5.54 Å². The molecule has 4 heteroatoms. The van der Waals surface area contributed by atoms with Gasteiger partial charge in [-0.1, -0.05) is 19.9 Å². The highest BCUT2D eigenvalue weighted by Gasteiger charge is 2.27. The molecule has 0 saturated carbocycles. The highest BCUT2D eigenvalue weighted by molar-refractivity contribution is 5.95. The van der Waals surface area contributed by atoms with Crippen molar-refractivity contribution in [3.8, 4) is 0 Å². The van der Waals surface area contributed by atoms with E-state index in [1.165, 1.54) is 0 Å². The van der Waals surface area contributed by atoms with Gasteiger partial charge in [-0.05, 0) is 31.0 Å². The maximum absolute atomic E-state index is 12.3. The van der Waals surface area contributed by atoms with Gasteiger partial charge in [0.25, 0.3) is 5.91 Å². The Morgan fingerprint density at radius 2 is 1.95 bits per heavy atom. The number of rotatable bonds is 6. The van der Waals surface area contributed by atoms with Crippen LogP contribution < -0.4 is 10.2 Å². The molecule has 1 amide bonds. The smallest absolute Gasteiger partial charge is 0.251 e. The second kappa shape index (κ2) is 6.57. The number of nitrogens with one attached hydrogen (secondary N) is 1. The summed E-state index contributed by atoms with van der Waals surface area (Å²) >= 11 is 0. The molecule has 0 aromatic heterocycles. The monoisotopic (exact) mass is 264 g/mol. The number of carbonyl (C=O) groups excluding carboxylic acids is 1. The van der Waals surface area contributed by atoms with E-state index >= 15 is 0 Å². The van der Waals surface area contributed by atoms with E-state index in [2.05, 4.69) is 5.32 Å². The topological polar surface area (TPSA) is 52.6 Å². The third-order valence-electron chi connectivity index (χ3n) is 3.66. The van der Waals surface area contributed by atoms with Crippen molar-refractivity contribution < 1.29 is 9.90 Å². The summed E-state index contributed by atoms with van der Waals surface area (Å²) in [6.45, 7) is 3.89. The Hall–Kier alpha value is -1.55. The molecule has 1 rings (SSSR count). The summed E-state index contributed by atoms with van der Waals surface area (Å²) in [6.07, 6.45) is 1.41. The Balaban J connectivity index is 2.91. The van der Waals surface area contributed by atoms with Gasteiger partial charge in [-0.15, -0.1) is 0 Å². The van der Waals surface area contributed by atoms with Crippen molar-refractivity contribution in [2.45, 2.75) is 32.2 Å². The van der Waals surface area contributed by atoms with E-state index in [4.69, 9.17) is 0 Å². The predicted molar refractivity (Wildman–Crippen MR) is 78.6 cm³/mol. The van der Waals surface area contributed by atoms with E-state index in [0.29, 0.717) is 18.4 Å². The van der Waals surface area contributed by atoms with E-state index in [1.807, 2.05) is 51.0 Å². The van der Waals surface area contributed by atoms with Gasteiger partial charge in [0.2, 0.25) is 0 Å². The molecule has 2 N–H and O–H groups in total. The van der Waals surface area contributed by atoms with Crippen LogP contribution in [0.3, 0.4) is 0 Å². The van der Waals surface area contributed by atoms with Gasteiger partial charge in [0.15, 0.2) is 0 Å². The summed E-state index contributed by atoms with van der Waals surface area (Å²) in [7, 11) is 3.88. The molecule has 0 spiro atoms. The Bertz CT molecular complexity index is 418. The minimum absolute atomic E-state index is 0.0425. The van der Waals surface area contributed by atoms with E-state index in [0.717, 1.165) is 5.69 Å². The number of hydrogen-bond donors (Lipinski definition) is 2. The van der Waals surface area contributed by atoms with Gasteiger partial charge in [-0.2, -0.15) is 0 Å². The number of carbonyl (C=O) groups is 1. The highest BCUT2D eigenvalue weighted by atomic mass is 16.3. The van der Waals surface area contributed by atoms with Crippen LogP contribution in [0.25, 0.3) is 0 Å². The molecule has 106 valence electrons. The van der Waals surface area contributed by atoms with Crippen molar-refractivity contribution in [1.29, 1.82) is 0 Å². The minimum Gasteiger partial charge on any atom is -0.394 e. The first kappa shape index (κ1) is 15.5. The lowest BCUT2D eigenvalue weighted by Crippen LogP contribution is -2.50. The molecule has 0 atom stereocenters. The number of benzene rings is 1. The SMILES string of the molecule is CCC(CC)(CO)NC(=O)c1cccc(N(C)C)c1.